The Morgan fingerprint density at radius 3 is 2.42 bits per heavy atom. The molecule has 0 spiro atoms. The predicted molar refractivity (Wildman–Crippen MR) is 133 cm³/mol. The molecule has 3 rings (SSSR count). The number of nitrogens with one attached hydrogen (secondary N) is 1. The Balaban J connectivity index is 1.74. The Labute approximate surface area is 202 Å². The van der Waals surface area contributed by atoms with Crippen molar-refractivity contribution in [2.75, 3.05) is 6.61 Å². The van der Waals surface area contributed by atoms with Crippen molar-refractivity contribution in [3.63, 3.8) is 0 Å². The molecule has 2 amide bonds. The number of aryl methyl sites for hydroxylation is 2. The van der Waals surface area contributed by atoms with Gasteiger partial charge in [0.1, 0.15) is 11.8 Å². The molecule has 178 valence electrons. The van der Waals surface area contributed by atoms with Crippen LogP contribution in [0.25, 0.3) is 0 Å². The summed E-state index contributed by atoms with van der Waals surface area (Å²) in [5.74, 6) is 0.355. The van der Waals surface area contributed by atoms with Crippen LogP contribution in [0.5, 0.6) is 5.75 Å². The van der Waals surface area contributed by atoms with Crippen molar-refractivity contribution in [1.82, 2.24) is 10.2 Å². The molecule has 1 aliphatic carbocycles. The standard InChI is InChI=1S/C27H35ClN2O3/c1-18-14-19(2)20(3)25(15-18)33-17-26(31)30(16-22-10-12-23(28)13-11-22)21(4)27(32)29-24-8-6-5-7-9-24/h10-15,21,24H,5-9,16-17H2,1-4H3,(H,29,32)/t21-/m1/s1. The zero-order valence-corrected chi connectivity index (χ0v) is 20.9. The largest absolute Gasteiger partial charge is 0.483 e. The lowest BCUT2D eigenvalue weighted by atomic mass is 9.95. The first kappa shape index (κ1) is 25.1. The van der Waals surface area contributed by atoms with Gasteiger partial charge in [0.25, 0.3) is 5.91 Å². The molecule has 1 N–H and O–H groups in total. The zero-order valence-electron chi connectivity index (χ0n) is 20.1. The van der Waals surface area contributed by atoms with E-state index in [1.807, 2.05) is 39.0 Å². The van der Waals surface area contributed by atoms with Gasteiger partial charge in [0, 0.05) is 17.6 Å². The van der Waals surface area contributed by atoms with Crippen LogP contribution >= 0.6 is 11.6 Å². The minimum Gasteiger partial charge on any atom is -0.483 e. The molecule has 5 nitrogen and oxygen atoms in total. The highest BCUT2D eigenvalue weighted by Gasteiger charge is 2.28. The van der Waals surface area contributed by atoms with Crippen LogP contribution in [0.15, 0.2) is 36.4 Å². The number of hydrogen-bond donors (Lipinski definition) is 1. The van der Waals surface area contributed by atoms with E-state index in [0.717, 1.165) is 47.9 Å². The summed E-state index contributed by atoms with van der Waals surface area (Å²) >= 11 is 6.03. The molecule has 33 heavy (non-hydrogen) atoms. The van der Waals surface area contributed by atoms with Crippen molar-refractivity contribution in [3.8, 4) is 5.75 Å². The Kier molecular flexibility index (Phi) is 8.79. The highest BCUT2D eigenvalue weighted by Crippen LogP contribution is 2.24. The average Bonchev–Trinajstić information content (AvgIpc) is 2.80. The fraction of sp³-hybridized carbons (Fsp3) is 0.481. The van der Waals surface area contributed by atoms with Crippen LogP contribution in [0.2, 0.25) is 5.02 Å². The highest BCUT2D eigenvalue weighted by atomic mass is 35.5. The maximum atomic E-state index is 13.3. The quantitative estimate of drug-likeness (QED) is 0.553. The number of nitrogens with zero attached hydrogens (tertiary/aromatic N) is 1. The predicted octanol–water partition coefficient (Wildman–Crippen LogP) is 5.51. The van der Waals surface area contributed by atoms with E-state index in [1.54, 1.807) is 24.0 Å². The normalized spacial score (nSPS) is 15.1. The van der Waals surface area contributed by atoms with Crippen LogP contribution in [0.3, 0.4) is 0 Å². The lowest BCUT2D eigenvalue weighted by molar-refractivity contribution is -0.142. The topological polar surface area (TPSA) is 58.6 Å². The fourth-order valence-electron chi connectivity index (χ4n) is 4.31. The van der Waals surface area contributed by atoms with Crippen molar-refractivity contribution in [2.45, 2.75) is 78.4 Å². The molecule has 0 aromatic heterocycles. The summed E-state index contributed by atoms with van der Waals surface area (Å²) in [5, 5.41) is 3.78. The highest BCUT2D eigenvalue weighted by molar-refractivity contribution is 6.30. The van der Waals surface area contributed by atoms with Gasteiger partial charge < -0.3 is 15.0 Å². The van der Waals surface area contributed by atoms with E-state index in [-0.39, 0.29) is 24.5 Å². The van der Waals surface area contributed by atoms with Gasteiger partial charge >= 0.3 is 0 Å². The number of carbonyl (C=O) groups excluding carboxylic acids is 2. The van der Waals surface area contributed by atoms with E-state index in [2.05, 4.69) is 11.4 Å². The molecule has 0 saturated heterocycles. The molecule has 2 aromatic carbocycles. The lowest BCUT2D eigenvalue weighted by Gasteiger charge is -2.31. The first-order valence-electron chi connectivity index (χ1n) is 11.8. The summed E-state index contributed by atoms with van der Waals surface area (Å²) in [7, 11) is 0. The molecule has 0 unspecified atom stereocenters. The van der Waals surface area contributed by atoms with Gasteiger partial charge in [-0.2, -0.15) is 0 Å². The van der Waals surface area contributed by atoms with Crippen LogP contribution < -0.4 is 10.1 Å². The molecule has 0 bridgehead atoms. The van der Waals surface area contributed by atoms with Gasteiger partial charge in [-0.3, -0.25) is 9.59 Å². The third-order valence-electron chi connectivity index (χ3n) is 6.50. The summed E-state index contributed by atoms with van der Waals surface area (Å²) < 4.78 is 5.93. The monoisotopic (exact) mass is 470 g/mol. The molecule has 1 fully saturated rings. The summed E-state index contributed by atoms with van der Waals surface area (Å²) in [6, 6.07) is 11.0. The maximum Gasteiger partial charge on any atom is 0.261 e. The molecule has 0 aliphatic heterocycles. The number of hydrogen-bond acceptors (Lipinski definition) is 3. The third kappa shape index (κ3) is 6.97. The molecule has 0 radical (unpaired) electrons. The second-order valence-electron chi connectivity index (χ2n) is 9.16. The van der Waals surface area contributed by atoms with Crippen molar-refractivity contribution in [1.29, 1.82) is 0 Å². The second-order valence-corrected chi connectivity index (χ2v) is 9.60. The molecule has 1 atom stereocenters. The van der Waals surface area contributed by atoms with Crippen molar-refractivity contribution >= 4 is 23.4 Å². The molecular weight excluding hydrogens is 436 g/mol. The fourth-order valence-corrected chi connectivity index (χ4v) is 4.44. The third-order valence-corrected chi connectivity index (χ3v) is 6.75. The van der Waals surface area contributed by atoms with Gasteiger partial charge in [-0.25, -0.2) is 0 Å². The summed E-state index contributed by atoms with van der Waals surface area (Å²) in [6.07, 6.45) is 5.49. The number of benzene rings is 2. The summed E-state index contributed by atoms with van der Waals surface area (Å²) in [4.78, 5) is 28.0. The Morgan fingerprint density at radius 2 is 1.76 bits per heavy atom. The smallest absolute Gasteiger partial charge is 0.261 e. The van der Waals surface area contributed by atoms with Gasteiger partial charge in [0.2, 0.25) is 5.91 Å². The van der Waals surface area contributed by atoms with Gasteiger partial charge in [-0.05, 0) is 81.0 Å². The van der Waals surface area contributed by atoms with E-state index in [1.165, 1.54) is 6.42 Å². The first-order chi connectivity index (χ1) is 15.7. The minimum absolute atomic E-state index is 0.119. The van der Waals surface area contributed by atoms with Crippen molar-refractivity contribution in [3.05, 3.63) is 63.7 Å². The van der Waals surface area contributed by atoms with E-state index in [0.29, 0.717) is 17.3 Å². The minimum atomic E-state index is -0.612. The van der Waals surface area contributed by atoms with E-state index >= 15 is 0 Å². The number of amides is 2. The van der Waals surface area contributed by atoms with E-state index < -0.39 is 6.04 Å². The number of halogens is 1. The Hall–Kier alpha value is -2.53. The van der Waals surface area contributed by atoms with Gasteiger partial charge in [0.05, 0.1) is 0 Å². The van der Waals surface area contributed by atoms with Crippen LogP contribution in [-0.2, 0) is 16.1 Å². The van der Waals surface area contributed by atoms with Crippen molar-refractivity contribution < 1.29 is 14.3 Å². The Bertz CT molecular complexity index is 968. The molecule has 6 heteroatoms. The van der Waals surface area contributed by atoms with Gasteiger partial charge in [-0.1, -0.05) is 49.1 Å². The molecular formula is C27H35ClN2O3. The van der Waals surface area contributed by atoms with Gasteiger partial charge in [-0.15, -0.1) is 0 Å². The summed E-state index contributed by atoms with van der Waals surface area (Å²) in [6.45, 7) is 7.99. The van der Waals surface area contributed by atoms with Crippen LogP contribution in [0.4, 0.5) is 0 Å². The van der Waals surface area contributed by atoms with E-state index in [9.17, 15) is 9.59 Å². The van der Waals surface area contributed by atoms with Gasteiger partial charge in [0.15, 0.2) is 6.61 Å². The Morgan fingerprint density at radius 1 is 1.09 bits per heavy atom. The molecule has 1 saturated carbocycles. The SMILES string of the molecule is Cc1cc(C)c(C)c(OCC(=O)N(Cc2ccc(Cl)cc2)[C@H](C)C(=O)NC2CCCCC2)c1. The maximum absolute atomic E-state index is 13.3. The molecule has 2 aromatic rings. The van der Waals surface area contributed by atoms with E-state index in [4.69, 9.17) is 16.3 Å². The van der Waals surface area contributed by atoms with Crippen LogP contribution in [0, 0.1) is 20.8 Å². The van der Waals surface area contributed by atoms with Crippen molar-refractivity contribution in [2.24, 2.45) is 0 Å². The lowest BCUT2D eigenvalue weighted by Crippen LogP contribution is -2.51. The number of ether oxygens (including phenoxy) is 1. The summed E-state index contributed by atoms with van der Waals surface area (Å²) in [5.41, 5.74) is 4.13. The molecule has 0 heterocycles. The first-order valence-corrected chi connectivity index (χ1v) is 12.2. The van der Waals surface area contributed by atoms with Crippen LogP contribution in [0.1, 0.15) is 61.3 Å². The number of rotatable bonds is 8. The zero-order chi connectivity index (χ0) is 24.0. The average molecular weight is 471 g/mol. The number of carbonyl (C=O) groups is 2. The second kappa shape index (κ2) is 11.6. The molecule has 1 aliphatic rings. The van der Waals surface area contributed by atoms with Crippen LogP contribution in [-0.4, -0.2) is 35.4 Å².